The molecule has 1 N–H and O–H groups in total. The summed E-state index contributed by atoms with van der Waals surface area (Å²) < 4.78 is 0. The second-order valence-electron chi connectivity index (χ2n) is 6.54. The molecule has 1 heterocycles. The van der Waals surface area contributed by atoms with Crippen LogP contribution in [0.4, 0.5) is 0 Å². The number of nitrogens with one attached hydrogen (secondary N) is 1. The van der Waals surface area contributed by atoms with Crippen molar-refractivity contribution in [3.63, 3.8) is 0 Å². The first-order chi connectivity index (χ1) is 8.21. The number of nitrogens with zero attached hydrogens (tertiary/aromatic N) is 2. The molecule has 0 amide bonds. The van der Waals surface area contributed by atoms with Crippen molar-refractivity contribution in [1.82, 2.24) is 15.3 Å². The minimum absolute atomic E-state index is 0.00759. The molecular weight excluding hydrogens is 222 g/mol. The maximum Gasteiger partial charge on any atom is 0.133 e. The van der Waals surface area contributed by atoms with E-state index in [1.165, 1.54) is 11.3 Å². The predicted molar refractivity (Wildman–Crippen MR) is 76.8 cm³/mol. The second kappa shape index (κ2) is 5.79. The van der Waals surface area contributed by atoms with Gasteiger partial charge in [0.2, 0.25) is 0 Å². The van der Waals surface area contributed by atoms with E-state index in [0.717, 1.165) is 12.4 Å². The van der Waals surface area contributed by atoms with Gasteiger partial charge in [-0.05, 0) is 5.92 Å². The van der Waals surface area contributed by atoms with Gasteiger partial charge in [0.25, 0.3) is 0 Å². The highest BCUT2D eigenvalue weighted by Gasteiger charge is 2.20. The Hall–Kier alpha value is -0.960. The minimum Gasteiger partial charge on any atom is -0.310 e. The highest BCUT2D eigenvalue weighted by Crippen LogP contribution is 2.22. The fraction of sp³-hybridized carbons (Fsp3) is 0.733. The number of hydrogen-bond donors (Lipinski definition) is 1. The molecule has 1 aromatic rings. The van der Waals surface area contributed by atoms with Crippen LogP contribution in [0.25, 0.3) is 0 Å². The monoisotopic (exact) mass is 249 g/mol. The normalized spacial score (nSPS) is 12.5. The topological polar surface area (TPSA) is 37.8 Å². The molecule has 1 rings (SSSR count). The molecule has 0 aliphatic carbocycles. The van der Waals surface area contributed by atoms with E-state index in [1.54, 1.807) is 0 Å². The second-order valence-corrected chi connectivity index (χ2v) is 6.54. The third-order valence-electron chi connectivity index (χ3n) is 2.82. The quantitative estimate of drug-likeness (QED) is 0.888. The number of hydrogen-bond acceptors (Lipinski definition) is 3. The van der Waals surface area contributed by atoms with Crippen molar-refractivity contribution in [3.05, 3.63) is 23.3 Å². The number of aromatic nitrogens is 2. The molecular formula is C15H27N3. The van der Waals surface area contributed by atoms with Gasteiger partial charge in [0.15, 0.2) is 0 Å². The van der Waals surface area contributed by atoms with Gasteiger partial charge < -0.3 is 5.32 Å². The van der Waals surface area contributed by atoms with Crippen LogP contribution >= 0.6 is 0 Å². The zero-order valence-corrected chi connectivity index (χ0v) is 12.8. The molecule has 3 heteroatoms. The molecule has 18 heavy (non-hydrogen) atoms. The summed E-state index contributed by atoms with van der Waals surface area (Å²) in [6.45, 7) is 16.0. The largest absolute Gasteiger partial charge is 0.310 e. The molecule has 0 bridgehead atoms. The first kappa shape index (κ1) is 15.1. The lowest BCUT2D eigenvalue weighted by Crippen LogP contribution is -2.24. The molecule has 0 radical (unpaired) electrons. The highest BCUT2D eigenvalue weighted by molar-refractivity contribution is 5.22. The summed E-state index contributed by atoms with van der Waals surface area (Å²) >= 11 is 0. The van der Waals surface area contributed by atoms with E-state index < -0.39 is 0 Å². The Labute approximate surface area is 111 Å². The summed E-state index contributed by atoms with van der Waals surface area (Å²) in [6.07, 6.45) is 1.98. The van der Waals surface area contributed by atoms with Crippen LogP contribution in [0.5, 0.6) is 0 Å². The molecule has 0 saturated heterocycles. The lowest BCUT2D eigenvalue weighted by molar-refractivity contribution is 0.530. The smallest absolute Gasteiger partial charge is 0.133 e. The van der Waals surface area contributed by atoms with Gasteiger partial charge in [0.1, 0.15) is 5.82 Å². The highest BCUT2D eigenvalue weighted by atomic mass is 14.9. The average Bonchev–Trinajstić information content (AvgIpc) is 2.24. The Morgan fingerprint density at radius 2 is 1.78 bits per heavy atom. The first-order valence-electron chi connectivity index (χ1n) is 6.81. The fourth-order valence-electron chi connectivity index (χ4n) is 1.73. The van der Waals surface area contributed by atoms with Crippen LogP contribution in [0.2, 0.25) is 0 Å². The third-order valence-corrected chi connectivity index (χ3v) is 2.82. The van der Waals surface area contributed by atoms with E-state index in [0.29, 0.717) is 12.0 Å². The van der Waals surface area contributed by atoms with Crippen molar-refractivity contribution >= 4 is 0 Å². The average molecular weight is 249 g/mol. The molecule has 0 fully saturated rings. The van der Waals surface area contributed by atoms with Crippen LogP contribution in [0.15, 0.2) is 6.20 Å². The van der Waals surface area contributed by atoms with E-state index in [4.69, 9.17) is 4.98 Å². The van der Waals surface area contributed by atoms with Crippen molar-refractivity contribution in [2.45, 2.75) is 72.4 Å². The van der Waals surface area contributed by atoms with Gasteiger partial charge in [-0.2, -0.15) is 0 Å². The van der Waals surface area contributed by atoms with Crippen molar-refractivity contribution in [2.75, 3.05) is 0 Å². The Morgan fingerprint density at radius 1 is 1.17 bits per heavy atom. The SMILES string of the molecule is CC(C)NCc1cnc(C(C)(C)C)nc1C(C)C. The Morgan fingerprint density at radius 3 is 2.22 bits per heavy atom. The van der Waals surface area contributed by atoms with Gasteiger partial charge in [-0.3, -0.25) is 0 Å². The van der Waals surface area contributed by atoms with Crippen LogP contribution in [0.1, 0.15) is 71.5 Å². The molecule has 102 valence electrons. The van der Waals surface area contributed by atoms with Crippen molar-refractivity contribution in [3.8, 4) is 0 Å². The van der Waals surface area contributed by atoms with Crippen LogP contribution in [0, 0.1) is 0 Å². The maximum absolute atomic E-state index is 4.77. The Kier molecular flexibility index (Phi) is 4.85. The van der Waals surface area contributed by atoms with Gasteiger partial charge in [-0.15, -0.1) is 0 Å². The predicted octanol–water partition coefficient (Wildman–Crippen LogP) is 3.40. The molecule has 0 unspecified atom stereocenters. The number of rotatable bonds is 4. The zero-order valence-electron chi connectivity index (χ0n) is 12.8. The molecule has 1 aromatic heterocycles. The lowest BCUT2D eigenvalue weighted by Gasteiger charge is -2.20. The Balaban J connectivity index is 3.05. The summed E-state index contributed by atoms with van der Waals surface area (Å²) in [6, 6.07) is 0.479. The molecule has 0 aromatic carbocycles. The molecule has 0 aliphatic rings. The summed E-state index contributed by atoms with van der Waals surface area (Å²) in [7, 11) is 0. The van der Waals surface area contributed by atoms with Crippen LogP contribution < -0.4 is 5.32 Å². The summed E-state index contributed by atoms with van der Waals surface area (Å²) in [5.74, 6) is 1.36. The van der Waals surface area contributed by atoms with Gasteiger partial charge in [0, 0.05) is 29.8 Å². The van der Waals surface area contributed by atoms with Crippen molar-refractivity contribution in [1.29, 1.82) is 0 Å². The van der Waals surface area contributed by atoms with Crippen LogP contribution in [0.3, 0.4) is 0 Å². The molecule has 0 atom stereocenters. The lowest BCUT2D eigenvalue weighted by atomic mass is 9.94. The fourth-order valence-corrected chi connectivity index (χ4v) is 1.73. The Bertz CT molecular complexity index is 389. The third kappa shape index (κ3) is 4.05. The molecule has 0 saturated carbocycles. The summed E-state index contributed by atoms with van der Waals surface area (Å²) in [5, 5.41) is 3.44. The minimum atomic E-state index is 0.00759. The van der Waals surface area contributed by atoms with Gasteiger partial charge >= 0.3 is 0 Å². The first-order valence-corrected chi connectivity index (χ1v) is 6.81. The standard InChI is InChI=1S/C15H27N3/c1-10(2)13-12(8-16-11(3)4)9-17-14(18-13)15(5,6)7/h9-11,16H,8H2,1-7H3. The van der Waals surface area contributed by atoms with Crippen LogP contribution in [-0.2, 0) is 12.0 Å². The van der Waals surface area contributed by atoms with E-state index >= 15 is 0 Å². The zero-order chi connectivity index (χ0) is 13.9. The summed E-state index contributed by atoms with van der Waals surface area (Å²) in [5.41, 5.74) is 2.39. The molecule has 0 aliphatic heterocycles. The molecule has 0 spiro atoms. The summed E-state index contributed by atoms with van der Waals surface area (Å²) in [4.78, 5) is 9.29. The van der Waals surface area contributed by atoms with E-state index in [2.05, 4.69) is 58.8 Å². The maximum atomic E-state index is 4.77. The van der Waals surface area contributed by atoms with E-state index in [1.807, 2.05) is 6.20 Å². The van der Waals surface area contributed by atoms with Gasteiger partial charge in [-0.25, -0.2) is 9.97 Å². The van der Waals surface area contributed by atoms with Gasteiger partial charge in [-0.1, -0.05) is 48.5 Å². The van der Waals surface area contributed by atoms with E-state index in [9.17, 15) is 0 Å². The van der Waals surface area contributed by atoms with Crippen molar-refractivity contribution < 1.29 is 0 Å². The van der Waals surface area contributed by atoms with E-state index in [-0.39, 0.29) is 5.41 Å². The van der Waals surface area contributed by atoms with Crippen LogP contribution in [-0.4, -0.2) is 16.0 Å². The van der Waals surface area contributed by atoms with Crippen molar-refractivity contribution in [2.24, 2.45) is 0 Å². The molecule has 3 nitrogen and oxygen atoms in total. The van der Waals surface area contributed by atoms with Gasteiger partial charge in [0.05, 0.1) is 5.69 Å².